The zero-order chi connectivity index (χ0) is 29.0. The van der Waals surface area contributed by atoms with Gasteiger partial charge in [0, 0.05) is 5.56 Å². The maximum absolute atomic E-state index is 13.6. The van der Waals surface area contributed by atoms with Crippen LogP contribution in [0.15, 0.2) is 52.2 Å². The Morgan fingerprint density at radius 1 is 1.07 bits per heavy atom. The Bertz CT molecular complexity index is 1670. The van der Waals surface area contributed by atoms with Crippen molar-refractivity contribution in [2.45, 2.75) is 20.8 Å². The molecule has 2 aromatic carbocycles. The van der Waals surface area contributed by atoms with E-state index in [9.17, 15) is 14.4 Å². The minimum Gasteiger partial charge on any atom is -0.493 e. The van der Waals surface area contributed by atoms with Gasteiger partial charge in [-0.05, 0) is 62.2 Å². The minimum absolute atomic E-state index is 0.0571. The molecule has 11 heteroatoms. The number of nitrogens with zero attached hydrogens (tertiary/aromatic N) is 1. The van der Waals surface area contributed by atoms with Gasteiger partial charge in [0.2, 0.25) is 11.2 Å². The third-order valence-electron chi connectivity index (χ3n) is 6.02. The predicted octanol–water partition coefficient (Wildman–Crippen LogP) is 5.22. The van der Waals surface area contributed by atoms with Gasteiger partial charge in [0.25, 0.3) is 5.91 Å². The molecule has 0 aliphatic carbocycles. The Kier molecular flexibility index (Phi) is 8.54. The topological polar surface area (TPSA) is 126 Å². The van der Waals surface area contributed by atoms with Gasteiger partial charge in [-0.2, -0.15) is 0 Å². The predicted molar refractivity (Wildman–Crippen MR) is 152 cm³/mol. The number of aryl methyl sites for hydroxylation is 3. The van der Waals surface area contributed by atoms with E-state index in [-0.39, 0.29) is 28.1 Å². The van der Waals surface area contributed by atoms with Crippen molar-refractivity contribution in [1.29, 1.82) is 0 Å². The van der Waals surface area contributed by atoms with Crippen LogP contribution in [-0.2, 0) is 9.53 Å². The summed E-state index contributed by atoms with van der Waals surface area (Å²) in [5.41, 5.74) is 2.70. The lowest BCUT2D eigenvalue weighted by Gasteiger charge is -2.14. The lowest BCUT2D eigenvalue weighted by molar-refractivity contribution is -0.118. The highest BCUT2D eigenvalue weighted by Gasteiger charge is 2.22. The summed E-state index contributed by atoms with van der Waals surface area (Å²) in [4.78, 5) is 43.0. The second kappa shape index (κ2) is 12.0. The van der Waals surface area contributed by atoms with Crippen molar-refractivity contribution in [1.82, 2.24) is 4.98 Å². The maximum Gasteiger partial charge on any atom is 0.350 e. The van der Waals surface area contributed by atoms with Gasteiger partial charge in [0.05, 0.1) is 25.3 Å². The fraction of sp³-hybridized carbons (Fsp3) is 0.241. The molecule has 1 N–H and O–H groups in total. The van der Waals surface area contributed by atoms with Crippen molar-refractivity contribution in [3.8, 4) is 28.6 Å². The van der Waals surface area contributed by atoms with Crippen LogP contribution in [0.4, 0.5) is 5.13 Å². The van der Waals surface area contributed by atoms with Gasteiger partial charge in [0.1, 0.15) is 17.1 Å². The molecule has 0 aliphatic heterocycles. The molecule has 208 valence electrons. The summed E-state index contributed by atoms with van der Waals surface area (Å²) >= 11 is 0.970. The molecule has 0 aliphatic rings. The molecule has 0 unspecified atom stereocenters. The Labute approximate surface area is 234 Å². The number of amides is 1. The zero-order valence-corrected chi connectivity index (χ0v) is 23.5. The first-order valence-corrected chi connectivity index (χ1v) is 13.0. The van der Waals surface area contributed by atoms with E-state index in [0.29, 0.717) is 33.7 Å². The van der Waals surface area contributed by atoms with Crippen molar-refractivity contribution in [3.05, 3.63) is 74.9 Å². The fourth-order valence-electron chi connectivity index (χ4n) is 3.86. The smallest absolute Gasteiger partial charge is 0.350 e. The fourth-order valence-corrected chi connectivity index (χ4v) is 4.74. The van der Waals surface area contributed by atoms with Crippen molar-refractivity contribution in [2.24, 2.45) is 0 Å². The number of benzene rings is 2. The van der Waals surface area contributed by atoms with E-state index in [4.69, 9.17) is 23.4 Å². The second-order valence-electron chi connectivity index (χ2n) is 8.75. The van der Waals surface area contributed by atoms with Crippen LogP contribution in [-0.4, -0.2) is 44.3 Å². The number of nitrogens with one attached hydrogen (secondary N) is 1. The van der Waals surface area contributed by atoms with Gasteiger partial charge in [0.15, 0.2) is 29.0 Å². The summed E-state index contributed by atoms with van der Waals surface area (Å²) in [5, 5.41) is 3.11. The maximum atomic E-state index is 13.6. The lowest BCUT2D eigenvalue weighted by Crippen LogP contribution is -2.22. The second-order valence-corrected chi connectivity index (χ2v) is 9.75. The standard InChI is InChI=1S/C29H28N2O8S/c1-7-10-37-28(34)27-17(4)30-29(40-27)31-23(32)14-38-26-24(33)19-11-15(2)16(3)12-21(19)39-25(26)18-8-9-20(35-5)22(13-18)36-6/h7-9,11-13H,1,10,14H2,2-6H3,(H,30,31,32). The molecule has 0 atom stereocenters. The number of aromatic nitrogens is 1. The SMILES string of the molecule is C=CCOC(=O)c1sc(NC(=O)COc2c(-c3ccc(OC)c(OC)c3)oc3cc(C)c(C)cc3c2=O)nc1C. The third kappa shape index (κ3) is 5.84. The molecule has 10 nitrogen and oxygen atoms in total. The van der Waals surface area contributed by atoms with Crippen LogP contribution in [0.5, 0.6) is 17.2 Å². The van der Waals surface area contributed by atoms with Crippen LogP contribution in [0.1, 0.15) is 26.5 Å². The Morgan fingerprint density at radius 3 is 2.50 bits per heavy atom. The van der Waals surface area contributed by atoms with Gasteiger partial charge < -0.3 is 23.4 Å². The Hall–Kier alpha value is -4.64. The Balaban J connectivity index is 1.66. The average molecular weight is 565 g/mol. The summed E-state index contributed by atoms with van der Waals surface area (Å²) in [6.07, 6.45) is 1.45. The highest BCUT2D eigenvalue weighted by atomic mass is 32.1. The number of rotatable bonds is 10. The van der Waals surface area contributed by atoms with Gasteiger partial charge in [-0.25, -0.2) is 9.78 Å². The number of fused-ring (bicyclic) bond motifs is 1. The summed E-state index contributed by atoms with van der Waals surface area (Å²) in [5.74, 6) is -0.237. The highest BCUT2D eigenvalue weighted by Crippen LogP contribution is 2.37. The summed E-state index contributed by atoms with van der Waals surface area (Å²) in [7, 11) is 3.01. The largest absolute Gasteiger partial charge is 0.493 e. The number of hydrogen-bond acceptors (Lipinski definition) is 10. The molecular formula is C29H28N2O8S. The number of esters is 1. The molecule has 0 saturated carbocycles. The van der Waals surface area contributed by atoms with Crippen LogP contribution >= 0.6 is 11.3 Å². The molecule has 0 fully saturated rings. The van der Waals surface area contributed by atoms with Crippen molar-refractivity contribution >= 4 is 39.3 Å². The van der Waals surface area contributed by atoms with Gasteiger partial charge >= 0.3 is 5.97 Å². The van der Waals surface area contributed by atoms with E-state index in [1.54, 1.807) is 37.3 Å². The van der Waals surface area contributed by atoms with E-state index in [1.807, 2.05) is 13.8 Å². The molecule has 2 heterocycles. The molecule has 4 rings (SSSR count). The van der Waals surface area contributed by atoms with Crippen molar-refractivity contribution in [2.75, 3.05) is 32.8 Å². The number of carbonyl (C=O) groups is 2. The Morgan fingerprint density at radius 2 is 1.80 bits per heavy atom. The van der Waals surface area contributed by atoms with E-state index in [1.165, 1.54) is 20.3 Å². The van der Waals surface area contributed by atoms with Gasteiger partial charge in [-0.1, -0.05) is 24.0 Å². The first-order chi connectivity index (χ1) is 19.2. The van der Waals surface area contributed by atoms with Crippen molar-refractivity contribution in [3.63, 3.8) is 0 Å². The third-order valence-corrected chi connectivity index (χ3v) is 7.07. The molecule has 4 aromatic rings. The molecular weight excluding hydrogens is 536 g/mol. The van der Waals surface area contributed by atoms with E-state index >= 15 is 0 Å². The molecule has 1 amide bonds. The van der Waals surface area contributed by atoms with Crippen molar-refractivity contribution < 1.29 is 33.0 Å². The number of anilines is 1. The zero-order valence-electron chi connectivity index (χ0n) is 22.7. The number of hydrogen-bond donors (Lipinski definition) is 1. The molecule has 0 saturated heterocycles. The van der Waals surface area contributed by atoms with Gasteiger partial charge in [-0.3, -0.25) is 14.9 Å². The first-order valence-electron chi connectivity index (χ1n) is 12.1. The molecule has 2 aromatic heterocycles. The molecule has 0 spiro atoms. The minimum atomic E-state index is -0.586. The molecule has 0 radical (unpaired) electrons. The number of methoxy groups -OCH3 is 2. The molecule has 0 bridgehead atoms. The summed E-state index contributed by atoms with van der Waals surface area (Å²) in [6, 6.07) is 8.55. The number of carbonyl (C=O) groups excluding carboxylic acids is 2. The highest BCUT2D eigenvalue weighted by molar-refractivity contribution is 7.17. The van der Waals surface area contributed by atoms with E-state index in [2.05, 4.69) is 16.9 Å². The van der Waals surface area contributed by atoms with E-state index in [0.717, 1.165) is 22.5 Å². The van der Waals surface area contributed by atoms with Crippen LogP contribution in [0, 0.1) is 20.8 Å². The number of thiazole rings is 1. The first kappa shape index (κ1) is 28.4. The van der Waals surface area contributed by atoms with Crippen LogP contribution < -0.4 is 25.0 Å². The quantitative estimate of drug-likeness (QED) is 0.204. The number of ether oxygens (including phenoxy) is 4. The van der Waals surface area contributed by atoms with E-state index < -0.39 is 23.9 Å². The van der Waals surface area contributed by atoms with Crippen LogP contribution in [0.3, 0.4) is 0 Å². The summed E-state index contributed by atoms with van der Waals surface area (Å²) in [6.45, 7) is 8.49. The van der Waals surface area contributed by atoms with Gasteiger partial charge in [-0.15, -0.1) is 0 Å². The lowest BCUT2D eigenvalue weighted by atomic mass is 10.0. The average Bonchev–Trinajstić information content (AvgIpc) is 3.31. The van der Waals surface area contributed by atoms with Crippen LogP contribution in [0.2, 0.25) is 0 Å². The summed E-state index contributed by atoms with van der Waals surface area (Å²) < 4.78 is 27.7. The normalized spacial score (nSPS) is 10.7. The monoisotopic (exact) mass is 564 g/mol. The van der Waals surface area contributed by atoms with Crippen LogP contribution in [0.25, 0.3) is 22.3 Å². The molecule has 40 heavy (non-hydrogen) atoms.